The van der Waals surface area contributed by atoms with Crippen molar-refractivity contribution in [3.63, 3.8) is 0 Å². The predicted molar refractivity (Wildman–Crippen MR) is 132 cm³/mol. The van der Waals surface area contributed by atoms with Crippen molar-refractivity contribution >= 4 is 44.9 Å². The standard InChI is InChI=1S/C25H22FN3O2S2/c1-15-8-2-5-11-18(15)27-21(30)14-32-25-28-23-22(16-9-3-7-13-20(16)33-23)24(31)29(25)19-12-6-4-10-17(19)26/h2,4-6,8,10-12H,3,7,9,13-14H2,1H3,(H,27,30). The maximum absolute atomic E-state index is 14.8. The van der Waals surface area contributed by atoms with Crippen molar-refractivity contribution in [2.24, 2.45) is 0 Å². The van der Waals surface area contributed by atoms with Crippen LogP contribution in [0.3, 0.4) is 0 Å². The first-order valence-corrected chi connectivity index (χ1v) is 12.6. The third-order valence-electron chi connectivity index (χ3n) is 5.80. The van der Waals surface area contributed by atoms with Crippen LogP contribution < -0.4 is 10.9 Å². The molecule has 33 heavy (non-hydrogen) atoms. The van der Waals surface area contributed by atoms with Crippen LogP contribution >= 0.6 is 23.1 Å². The number of hydrogen-bond acceptors (Lipinski definition) is 5. The highest BCUT2D eigenvalue weighted by Gasteiger charge is 2.24. The number of benzene rings is 2. The number of aryl methyl sites for hydroxylation is 3. The minimum Gasteiger partial charge on any atom is -0.325 e. The Labute approximate surface area is 198 Å². The van der Waals surface area contributed by atoms with Gasteiger partial charge < -0.3 is 5.32 Å². The number of thiophene rings is 1. The molecule has 1 aliphatic carbocycles. The lowest BCUT2D eigenvalue weighted by Crippen LogP contribution is -2.24. The van der Waals surface area contributed by atoms with Crippen LogP contribution in [0.1, 0.15) is 28.8 Å². The first kappa shape index (κ1) is 21.9. The number of anilines is 1. The van der Waals surface area contributed by atoms with Crippen LogP contribution in [0.25, 0.3) is 15.9 Å². The largest absolute Gasteiger partial charge is 0.325 e. The topological polar surface area (TPSA) is 64.0 Å². The molecule has 0 unspecified atom stereocenters. The van der Waals surface area contributed by atoms with E-state index in [1.807, 2.05) is 31.2 Å². The number of thioether (sulfide) groups is 1. The molecule has 0 saturated carbocycles. The summed E-state index contributed by atoms with van der Waals surface area (Å²) in [7, 11) is 0. The normalized spacial score (nSPS) is 13.2. The highest BCUT2D eigenvalue weighted by Crippen LogP contribution is 2.35. The van der Waals surface area contributed by atoms with Gasteiger partial charge in [-0.25, -0.2) is 9.37 Å². The molecule has 2 heterocycles. The van der Waals surface area contributed by atoms with E-state index in [-0.39, 0.29) is 22.9 Å². The zero-order chi connectivity index (χ0) is 22.9. The summed E-state index contributed by atoms with van der Waals surface area (Å²) >= 11 is 2.68. The lowest BCUT2D eigenvalue weighted by molar-refractivity contribution is -0.113. The molecule has 1 N–H and O–H groups in total. The van der Waals surface area contributed by atoms with Gasteiger partial charge in [0.05, 0.1) is 16.8 Å². The lowest BCUT2D eigenvalue weighted by atomic mass is 9.97. The Morgan fingerprint density at radius 3 is 2.73 bits per heavy atom. The van der Waals surface area contributed by atoms with Gasteiger partial charge in [-0.15, -0.1) is 11.3 Å². The summed E-state index contributed by atoms with van der Waals surface area (Å²) < 4.78 is 16.1. The summed E-state index contributed by atoms with van der Waals surface area (Å²) in [5.41, 5.74) is 2.63. The number of halogens is 1. The highest BCUT2D eigenvalue weighted by atomic mass is 32.2. The molecule has 5 nitrogen and oxygen atoms in total. The van der Waals surface area contributed by atoms with Crippen LogP contribution in [0.5, 0.6) is 0 Å². The third-order valence-corrected chi connectivity index (χ3v) is 7.93. The van der Waals surface area contributed by atoms with Crippen molar-refractivity contribution in [3.8, 4) is 5.69 Å². The first-order valence-electron chi connectivity index (χ1n) is 10.8. The van der Waals surface area contributed by atoms with E-state index in [0.717, 1.165) is 54.3 Å². The molecule has 2 aromatic heterocycles. The van der Waals surface area contributed by atoms with Gasteiger partial charge in [0.1, 0.15) is 10.6 Å². The second-order valence-corrected chi connectivity index (χ2v) is 10.1. The lowest BCUT2D eigenvalue weighted by Gasteiger charge is -2.14. The van der Waals surface area contributed by atoms with Crippen molar-refractivity contribution in [1.82, 2.24) is 9.55 Å². The number of rotatable bonds is 5. The zero-order valence-electron chi connectivity index (χ0n) is 18.1. The molecule has 4 aromatic rings. The van der Waals surface area contributed by atoms with E-state index in [4.69, 9.17) is 4.98 Å². The maximum Gasteiger partial charge on any atom is 0.267 e. The van der Waals surface area contributed by atoms with Crippen molar-refractivity contribution in [1.29, 1.82) is 0 Å². The monoisotopic (exact) mass is 479 g/mol. The van der Waals surface area contributed by atoms with Gasteiger partial charge in [0.25, 0.3) is 5.56 Å². The molecule has 2 aromatic carbocycles. The fourth-order valence-corrected chi connectivity index (χ4v) is 6.27. The van der Waals surface area contributed by atoms with Gasteiger partial charge in [-0.1, -0.05) is 42.1 Å². The number of nitrogens with one attached hydrogen (secondary N) is 1. The number of aromatic nitrogens is 2. The Kier molecular flexibility index (Phi) is 6.03. The molecule has 0 radical (unpaired) electrons. The second-order valence-electron chi connectivity index (χ2n) is 8.03. The Bertz CT molecular complexity index is 1430. The SMILES string of the molecule is Cc1ccccc1NC(=O)CSc1nc2sc3c(c2c(=O)n1-c1ccccc1F)CCCC3. The molecule has 0 spiro atoms. The number of nitrogens with zero attached hydrogens (tertiary/aromatic N) is 2. The minimum absolute atomic E-state index is 0.0474. The smallest absolute Gasteiger partial charge is 0.267 e. The zero-order valence-corrected chi connectivity index (χ0v) is 19.7. The van der Waals surface area contributed by atoms with Gasteiger partial charge in [-0.05, 0) is 61.9 Å². The second kappa shape index (κ2) is 9.11. The van der Waals surface area contributed by atoms with Gasteiger partial charge in [-0.3, -0.25) is 14.2 Å². The number of carbonyl (C=O) groups excluding carboxylic acids is 1. The molecular formula is C25H22FN3O2S2. The number of para-hydroxylation sites is 2. The van der Waals surface area contributed by atoms with Crippen LogP contribution in [0.2, 0.25) is 0 Å². The third kappa shape index (κ3) is 4.20. The Morgan fingerprint density at radius 2 is 1.91 bits per heavy atom. The van der Waals surface area contributed by atoms with E-state index in [2.05, 4.69) is 5.32 Å². The summed E-state index contributed by atoms with van der Waals surface area (Å²) in [6.07, 6.45) is 3.92. The Hall–Kier alpha value is -2.97. The fourth-order valence-electron chi connectivity index (χ4n) is 4.16. The van der Waals surface area contributed by atoms with E-state index >= 15 is 0 Å². The Balaban J connectivity index is 1.55. The van der Waals surface area contributed by atoms with Crippen molar-refractivity contribution in [2.45, 2.75) is 37.8 Å². The highest BCUT2D eigenvalue weighted by molar-refractivity contribution is 7.99. The molecule has 0 bridgehead atoms. The van der Waals surface area contributed by atoms with Gasteiger partial charge >= 0.3 is 0 Å². The van der Waals surface area contributed by atoms with Gasteiger partial charge in [-0.2, -0.15) is 0 Å². The molecule has 1 amide bonds. The quantitative estimate of drug-likeness (QED) is 0.303. The molecule has 0 atom stereocenters. The number of fused-ring (bicyclic) bond motifs is 3. The molecular weight excluding hydrogens is 457 g/mol. The van der Waals surface area contributed by atoms with Gasteiger partial charge in [0.15, 0.2) is 5.16 Å². The Morgan fingerprint density at radius 1 is 1.15 bits per heavy atom. The van der Waals surface area contributed by atoms with Crippen molar-refractivity contribution in [3.05, 3.63) is 80.7 Å². The van der Waals surface area contributed by atoms with E-state index in [1.54, 1.807) is 29.5 Å². The molecule has 8 heteroatoms. The molecule has 168 valence electrons. The van der Waals surface area contributed by atoms with E-state index in [9.17, 15) is 14.0 Å². The molecule has 0 saturated heterocycles. The number of carbonyl (C=O) groups is 1. The summed E-state index contributed by atoms with van der Waals surface area (Å²) in [6.45, 7) is 1.92. The molecule has 0 fully saturated rings. The summed E-state index contributed by atoms with van der Waals surface area (Å²) in [5.74, 6) is -0.670. The van der Waals surface area contributed by atoms with Crippen molar-refractivity contribution < 1.29 is 9.18 Å². The molecule has 0 aliphatic heterocycles. The maximum atomic E-state index is 14.8. The number of amides is 1. The van der Waals surface area contributed by atoms with E-state index in [0.29, 0.717) is 15.4 Å². The predicted octanol–water partition coefficient (Wildman–Crippen LogP) is 5.50. The minimum atomic E-state index is -0.504. The number of hydrogen-bond donors (Lipinski definition) is 1. The van der Waals surface area contributed by atoms with Crippen LogP contribution in [-0.2, 0) is 17.6 Å². The van der Waals surface area contributed by atoms with Gasteiger partial charge in [0.2, 0.25) is 5.91 Å². The van der Waals surface area contributed by atoms with Gasteiger partial charge in [0, 0.05) is 10.6 Å². The van der Waals surface area contributed by atoms with E-state index < -0.39 is 5.82 Å². The van der Waals surface area contributed by atoms with Crippen LogP contribution in [-0.4, -0.2) is 21.2 Å². The molecule has 5 rings (SSSR count). The average molecular weight is 480 g/mol. The van der Waals surface area contributed by atoms with Crippen LogP contribution in [0, 0.1) is 12.7 Å². The first-order chi connectivity index (χ1) is 16.0. The van der Waals surface area contributed by atoms with E-state index in [1.165, 1.54) is 15.5 Å². The van der Waals surface area contributed by atoms with Crippen LogP contribution in [0.15, 0.2) is 58.5 Å². The van der Waals surface area contributed by atoms with Crippen LogP contribution in [0.4, 0.5) is 10.1 Å². The summed E-state index contributed by atoms with van der Waals surface area (Å²) in [4.78, 5) is 32.9. The summed E-state index contributed by atoms with van der Waals surface area (Å²) in [5, 5.41) is 3.80. The fraction of sp³-hybridized carbons (Fsp3) is 0.240. The van der Waals surface area contributed by atoms with Crippen molar-refractivity contribution in [2.75, 3.05) is 11.1 Å². The average Bonchev–Trinajstić information content (AvgIpc) is 3.19. The molecule has 1 aliphatic rings. The summed E-state index contributed by atoms with van der Waals surface area (Å²) in [6, 6.07) is 13.7.